The van der Waals surface area contributed by atoms with Crippen molar-refractivity contribution >= 4 is 0 Å². The predicted octanol–water partition coefficient (Wildman–Crippen LogP) is -3.25. The van der Waals surface area contributed by atoms with Crippen molar-refractivity contribution < 1.29 is 22.5 Å². The van der Waals surface area contributed by atoms with Crippen molar-refractivity contribution in [3.8, 4) is 0 Å². The molecule has 3 rings (SSSR count). The van der Waals surface area contributed by atoms with Gasteiger partial charge in [0.15, 0.2) is 0 Å². The largest absolute Gasteiger partial charge is 1.00 e. The van der Waals surface area contributed by atoms with Crippen LogP contribution < -0.4 is 17.7 Å². The van der Waals surface area contributed by atoms with Crippen molar-refractivity contribution in [1.29, 1.82) is 0 Å². The first kappa shape index (κ1) is 8.79. The van der Waals surface area contributed by atoms with E-state index in [9.17, 15) is 0 Å². The van der Waals surface area contributed by atoms with Crippen LogP contribution in [0.1, 0.15) is 19.3 Å². The molecule has 2 saturated heterocycles. The molecule has 0 unspecified atom stereocenters. The summed E-state index contributed by atoms with van der Waals surface area (Å²) in [6.45, 7) is 4.80. The minimum atomic E-state index is 0. The van der Waals surface area contributed by atoms with Gasteiger partial charge in [0.1, 0.15) is 0 Å². The molecule has 2 N–H and O–H groups in total. The highest BCUT2D eigenvalue weighted by Gasteiger charge is 2.64. The summed E-state index contributed by atoms with van der Waals surface area (Å²) in [4.78, 5) is 0. The maximum atomic E-state index is 5.64. The quantitative estimate of drug-likeness (QED) is 0.426. The van der Waals surface area contributed by atoms with E-state index in [2.05, 4.69) is 5.32 Å². The van der Waals surface area contributed by atoms with Crippen LogP contribution >= 0.6 is 0 Å². The molecule has 3 aliphatic rings. The van der Waals surface area contributed by atoms with E-state index in [0.29, 0.717) is 10.8 Å². The van der Waals surface area contributed by atoms with Crippen molar-refractivity contribution in [3.63, 3.8) is 0 Å². The fraction of sp³-hybridized carbons (Fsp3) is 1.00. The summed E-state index contributed by atoms with van der Waals surface area (Å²) >= 11 is 0. The average Bonchev–Trinajstić information content (AvgIpc) is 2.40. The van der Waals surface area contributed by atoms with Crippen LogP contribution in [-0.4, -0.2) is 26.3 Å². The Kier molecular flexibility index (Phi) is 1.90. The molecule has 0 amide bonds. The van der Waals surface area contributed by atoms with E-state index in [-0.39, 0.29) is 12.4 Å². The van der Waals surface area contributed by atoms with Gasteiger partial charge in [-0.05, 0) is 12.8 Å². The number of nitrogens with two attached hydrogens (primary N) is 1. The van der Waals surface area contributed by atoms with Gasteiger partial charge in [-0.15, -0.1) is 0 Å². The summed E-state index contributed by atoms with van der Waals surface area (Å²) in [5.41, 5.74) is 1.24. The third-order valence-electron chi connectivity index (χ3n) is 4.26. The lowest BCUT2D eigenvalue weighted by Gasteiger charge is -2.25. The molecule has 1 aliphatic carbocycles. The van der Waals surface area contributed by atoms with E-state index in [1.807, 2.05) is 0 Å². The Morgan fingerprint density at radius 2 is 1.58 bits per heavy atom. The van der Waals surface area contributed by atoms with Crippen LogP contribution in [0, 0.1) is 10.8 Å². The summed E-state index contributed by atoms with van der Waals surface area (Å²) in [6.07, 6.45) is 4.32. The standard InChI is InChI=1S/C9H15NO.ClH/c1-2-8-4-10-5-9(8,3-1)7-11-6-8;/h10H,1-7H2;1H/t8-,9+;. The zero-order valence-electron chi connectivity index (χ0n) is 7.31. The molecule has 2 aliphatic heterocycles. The van der Waals surface area contributed by atoms with Crippen molar-refractivity contribution in [2.24, 2.45) is 10.8 Å². The molecule has 3 heteroatoms. The lowest BCUT2D eigenvalue weighted by molar-refractivity contribution is -0.647. The number of rotatable bonds is 0. The molecule has 1 saturated carbocycles. The normalized spacial score (nSPS) is 50.0. The Labute approximate surface area is 79.5 Å². The fourth-order valence-electron chi connectivity index (χ4n) is 3.57. The topological polar surface area (TPSA) is 25.8 Å². The second-order valence-electron chi connectivity index (χ2n) is 4.60. The van der Waals surface area contributed by atoms with Crippen LogP contribution in [0.4, 0.5) is 0 Å². The minimum absolute atomic E-state index is 0. The van der Waals surface area contributed by atoms with Crippen LogP contribution in [0.2, 0.25) is 0 Å². The number of halogens is 1. The summed E-state index contributed by atoms with van der Waals surface area (Å²) < 4.78 is 5.64. The molecule has 12 heavy (non-hydrogen) atoms. The first-order valence-corrected chi connectivity index (χ1v) is 4.77. The number of hydrogen-bond acceptors (Lipinski definition) is 1. The highest BCUT2D eigenvalue weighted by Crippen LogP contribution is 2.57. The van der Waals surface area contributed by atoms with E-state index >= 15 is 0 Å². The highest BCUT2D eigenvalue weighted by molar-refractivity contribution is 5.07. The van der Waals surface area contributed by atoms with E-state index in [0.717, 1.165) is 13.2 Å². The van der Waals surface area contributed by atoms with E-state index in [1.165, 1.54) is 32.4 Å². The van der Waals surface area contributed by atoms with Gasteiger partial charge in [-0.1, -0.05) is 6.42 Å². The molecule has 2 atom stereocenters. The maximum Gasteiger partial charge on any atom is 0.0843 e. The van der Waals surface area contributed by atoms with Gasteiger partial charge in [-0.25, -0.2) is 0 Å². The Hall–Kier alpha value is 0.210. The van der Waals surface area contributed by atoms with Gasteiger partial charge in [0, 0.05) is 0 Å². The number of ether oxygens (including phenoxy) is 1. The van der Waals surface area contributed by atoms with Crippen LogP contribution in [0.3, 0.4) is 0 Å². The summed E-state index contributed by atoms with van der Waals surface area (Å²) in [6, 6.07) is 0. The average molecular weight is 190 g/mol. The molecule has 2 nitrogen and oxygen atoms in total. The van der Waals surface area contributed by atoms with Crippen molar-refractivity contribution in [2.75, 3.05) is 26.3 Å². The van der Waals surface area contributed by atoms with Gasteiger partial charge < -0.3 is 22.5 Å². The molecule has 0 spiro atoms. The van der Waals surface area contributed by atoms with E-state index in [1.54, 1.807) is 0 Å². The van der Waals surface area contributed by atoms with Crippen molar-refractivity contribution in [2.45, 2.75) is 19.3 Å². The van der Waals surface area contributed by atoms with Gasteiger partial charge >= 0.3 is 0 Å². The Balaban J connectivity index is 0.000000563. The van der Waals surface area contributed by atoms with Gasteiger partial charge in [0.25, 0.3) is 0 Å². The first-order valence-electron chi connectivity index (χ1n) is 4.77. The van der Waals surface area contributed by atoms with Crippen molar-refractivity contribution in [1.82, 2.24) is 0 Å². The maximum absolute atomic E-state index is 5.64. The van der Waals surface area contributed by atoms with Gasteiger partial charge in [0.05, 0.1) is 37.1 Å². The second kappa shape index (κ2) is 2.60. The van der Waals surface area contributed by atoms with Crippen molar-refractivity contribution in [3.05, 3.63) is 0 Å². The number of quaternary nitrogens is 1. The zero-order chi connectivity index (χ0) is 7.36. The lowest BCUT2D eigenvalue weighted by Crippen LogP contribution is -3.00. The third kappa shape index (κ3) is 0.785. The third-order valence-corrected chi connectivity index (χ3v) is 4.26. The SMILES string of the molecule is C1C[C@@]23C[NH2+]C[C@]2(C1)COC3.[Cl-]. The first-order chi connectivity index (χ1) is 5.37. The smallest absolute Gasteiger partial charge is 0.0843 e. The summed E-state index contributed by atoms with van der Waals surface area (Å²) in [5, 5.41) is 2.50. The molecule has 0 aromatic heterocycles. The fourth-order valence-corrected chi connectivity index (χ4v) is 3.57. The van der Waals surface area contributed by atoms with Gasteiger partial charge in [-0.3, -0.25) is 0 Å². The van der Waals surface area contributed by atoms with Crippen LogP contribution in [0.15, 0.2) is 0 Å². The minimum Gasteiger partial charge on any atom is -1.00 e. The molecule has 0 aromatic rings. The zero-order valence-corrected chi connectivity index (χ0v) is 8.07. The van der Waals surface area contributed by atoms with Crippen LogP contribution in [0.25, 0.3) is 0 Å². The van der Waals surface area contributed by atoms with Crippen LogP contribution in [-0.2, 0) is 4.74 Å². The Morgan fingerprint density at radius 1 is 1.00 bits per heavy atom. The van der Waals surface area contributed by atoms with E-state index < -0.39 is 0 Å². The highest BCUT2D eigenvalue weighted by atomic mass is 35.5. The van der Waals surface area contributed by atoms with E-state index in [4.69, 9.17) is 4.74 Å². The predicted molar refractivity (Wildman–Crippen MR) is 41.2 cm³/mol. The molecule has 0 aromatic carbocycles. The molecule has 0 bridgehead atoms. The van der Waals surface area contributed by atoms with Gasteiger partial charge in [0.2, 0.25) is 0 Å². The van der Waals surface area contributed by atoms with Gasteiger partial charge in [-0.2, -0.15) is 0 Å². The summed E-state index contributed by atoms with van der Waals surface area (Å²) in [7, 11) is 0. The monoisotopic (exact) mass is 189 g/mol. The Morgan fingerprint density at radius 3 is 2.17 bits per heavy atom. The lowest BCUT2D eigenvalue weighted by atomic mass is 9.71. The number of hydrogen-bond donors (Lipinski definition) is 1. The Bertz CT molecular complexity index is 148. The molecule has 70 valence electrons. The molecular weight excluding hydrogens is 174 g/mol. The summed E-state index contributed by atoms with van der Waals surface area (Å²) in [5.74, 6) is 0. The molecule has 3 fully saturated rings. The molecule has 2 heterocycles. The molecule has 0 radical (unpaired) electrons. The van der Waals surface area contributed by atoms with Crippen LogP contribution in [0.5, 0.6) is 0 Å². The molecular formula is C9H16ClNO. The second-order valence-corrected chi connectivity index (χ2v) is 4.60.